The molecule has 0 saturated heterocycles. The minimum absolute atomic E-state index is 0.0748. The third kappa shape index (κ3) is 3.27. The summed E-state index contributed by atoms with van der Waals surface area (Å²) >= 11 is 6.07. The van der Waals surface area contributed by atoms with Gasteiger partial charge in [0.2, 0.25) is 0 Å². The number of hydrogen-bond donors (Lipinski definition) is 1. The van der Waals surface area contributed by atoms with Crippen molar-refractivity contribution in [3.8, 4) is 5.75 Å². The number of carbonyl (C=O) groups is 1. The predicted octanol–water partition coefficient (Wildman–Crippen LogP) is 4.78. The number of hydrogen-bond acceptors (Lipinski definition) is 2. The summed E-state index contributed by atoms with van der Waals surface area (Å²) in [5.74, 6) is 0.670. The molecule has 5 heteroatoms. The van der Waals surface area contributed by atoms with Gasteiger partial charge in [-0.25, -0.2) is 4.79 Å². The van der Waals surface area contributed by atoms with Crippen LogP contribution in [0.1, 0.15) is 18.1 Å². The normalized spacial score (nSPS) is 16.5. The highest BCUT2D eigenvalue weighted by molar-refractivity contribution is 6.31. The second kappa shape index (κ2) is 6.13. The lowest BCUT2D eigenvalue weighted by Crippen LogP contribution is -2.44. The van der Waals surface area contributed by atoms with Crippen LogP contribution in [0.5, 0.6) is 5.75 Å². The Labute approximate surface area is 141 Å². The van der Waals surface area contributed by atoms with Gasteiger partial charge in [0, 0.05) is 10.7 Å². The standard InChI is InChI=1S/C18H19ClN2O2/c1-11-4-6-15(8-12(11)2)20-18(22)21-10-13(3)23-17-7-5-14(19)9-16(17)21/h4-9,13H,10H2,1-3H3,(H,20,22)/t13-/m0/s1. The van der Waals surface area contributed by atoms with Crippen LogP contribution in [0.2, 0.25) is 5.02 Å². The molecular weight excluding hydrogens is 312 g/mol. The molecule has 120 valence electrons. The fourth-order valence-corrected chi connectivity index (χ4v) is 2.78. The van der Waals surface area contributed by atoms with Crippen LogP contribution in [-0.4, -0.2) is 18.7 Å². The van der Waals surface area contributed by atoms with Crippen molar-refractivity contribution in [3.05, 3.63) is 52.5 Å². The summed E-state index contributed by atoms with van der Waals surface area (Å²) < 4.78 is 5.77. The van der Waals surface area contributed by atoms with Gasteiger partial charge < -0.3 is 10.1 Å². The van der Waals surface area contributed by atoms with E-state index in [1.807, 2.05) is 39.0 Å². The highest BCUT2D eigenvalue weighted by atomic mass is 35.5. The molecule has 3 rings (SSSR count). The number of nitrogens with one attached hydrogen (secondary N) is 1. The molecule has 2 aromatic carbocycles. The molecule has 1 atom stereocenters. The van der Waals surface area contributed by atoms with E-state index in [0.29, 0.717) is 23.0 Å². The number of ether oxygens (including phenoxy) is 1. The van der Waals surface area contributed by atoms with Crippen LogP contribution in [0.4, 0.5) is 16.2 Å². The summed E-state index contributed by atoms with van der Waals surface area (Å²) in [6.07, 6.45) is -0.0748. The first kappa shape index (κ1) is 15.7. The van der Waals surface area contributed by atoms with E-state index >= 15 is 0 Å². The summed E-state index contributed by atoms with van der Waals surface area (Å²) in [4.78, 5) is 14.4. The quantitative estimate of drug-likeness (QED) is 0.817. The summed E-state index contributed by atoms with van der Waals surface area (Å²) in [5.41, 5.74) is 3.81. The zero-order valence-corrected chi connectivity index (χ0v) is 14.1. The second-order valence-electron chi connectivity index (χ2n) is 5.88. The average molecular weight is 331 g/mol. The number of nitrogens with zero attached hydrogens (tertiary/aromatic N) is 1. The monoisotopic (exact) mass is 330 g/mol. The van der Waals surface area contributed by atoms with Gasteiger partial charge in [0.25, 0.3) is 0 Å². The molecular formula is C18H19ClN2O2. The topological polar surface area (TPSA) is 41.6 Å². The summed E-state index contributed by atoms with van der Waals surface area (Å²) in [6, 6.07) is 11.0. The number of fused-ring (bicyclic) bond motifs is 1. The Balaban J connectivity index is 1.87. The maximum atomic E-state index is 12.7. The van der Waals surface area contributed by atoms with Gasteiger partial charge in [-0.2, -0.15) is 0 Å². The molecule has 23 heavy (non-hydrogen) atoms. The fraction of sp³-hybridized carbons (Fsp3) is 0.278. The molecule has 1 aliphatic rings. The molecule has 1 N–H and O–H groups in total. The van der Waals surface area contributed by atoms with Gasteiger partial charge in [-0.15, -0.1) is 0 Å². The van der Waals surface area contributed by atoms with Crippen molar-refractivity contribution in [2.75, 3.05) is 16.8 Å². The molecule has 4 nitrogen and oxygen atoms in total. The minimum atomic E-state index is -0.188. The Hall–Kier alpha value is -2.20. The molecule has 0 saturated carbocycles. The third-order valence-corrected chi connectivity index (χ3v) is 4.22. The molecule has 0 aromatic heterocycles. The first-order valence-electron chi connectivity index (χ1n) is 7.56. The van der Waals surface area contributed by atoms with E-state index in [1.54, 1.807) is 23.1 Å². The van der Waals surface area contributed by atoms with E-state index in [2.05, 4.69) is 5.32 Å². The van der Waals surface area contributed by atoms with Crippen LogP contribution < -0.4 is 15.0 Å². The summed E-state index contributed by atoms with van der Waals surface area (Å²) in [5, 5.41) is 3.52. The number of aryl methyl sites for hydroxylation is 2. The van der Waals surface area contributed by atoms with E-state index < -0.39 is 0 Å². The number of urea groups is 1. The van der Waals surface area contributed by atoms with Gasteiger partial charge in [0.1, 0.15) is 11.9 Å². The molecule has 0 aliphatic carbocycles. The Morgan fingerprint density at radius 2 is 2.00 bits per heavy atom. The van der Waals surface area contributed by atoms with Crippen molar-refractivity contribution in [2.45, 2.75) is 26.9 Å². The van der Waals surface area contributed by atoms with E-state index in [1.165, 1.54) is 5.56 Å². The lowest BCUT2D eigenvalue weighted by atomic mass is 10.1. The fourth-order valence-electron chi connectivity index (χ4n) is 2.61. The lowest BCUT2D eigenvalue weighted by Gasteiger charge is -2.33. The first-order valence-corrected chi connectivity index (χ1v) is 7.94. The van der Waals surface area contributed by atoms with Gasteiger partial charge in [-0.1, -0.05) is 17.7 Å². The van der Waals surface area contributed by atoms with Gasteiger partial charge in [-0.3, -0.25) is 4.90 Å². The molecule has 0 fully saturated rings. The molecule has 1 heterocycles. The third-order valence-electron chi connectivity index (χ3n) is 3.98. The number of amides is 2. The zero-order chi connectivity index (χ0) is 16.6. The van der Waals surface area contributed by atoms with E-state index in [0.717, 1.165) is 11.3 Å². The number of rotatable bonds is 1. The van der Waals surface area contributed by atoms with E-state index in [9.17, 15) is 4.79 Å². The van der Waals surface area contributed by atoms with Crippen molar-refractivity contribution in [2.24, 2.45) is 0 Å². The van der Waals surface area contributed by atoms with Crippen LogP contribution >= 0.6 is 11.6 Å². The SMILES string of the molecule is Cc1ccc(NC(=O)N2C[C@H](C)Oc3ccc(Cl)cc32)cc1C. The largest absolute Gasteiger partial charge is 0.487 e. The Morgan fingerprint density at radius 1 is 1.22 bits per heavy atom. The van der Waals surface area contributed by atoms with Crippen LogP contribution in [0, 0.1) is 13.8 Å². The molecule has 2 aromatic rings. The summed E-state index contributed by atoms with van der Waals surface area (Å²) in [6.45, 7) is 6.48. The molecule has 0 unspecified atom stereocenters. The van der Waals surface area contributed by atoms with Crippen LogP contribution in [0.25, 0.3) is 0 Å². The molecule has 0 radical (unpaired) electrons. The number of anilines is 2. The van der Waals surface area contributed by atoms with Gasteiger partial charge in [0.15, 0.2) is 0 Å². The van der Waals surface area contributed by atoms with Crippen LogP contribution in [0.15, 0.2) is 36.4 Å². The first-order chi connectivity index (χ1) is 10.9. The Morgan fingerprint density at radius 3 is 2.74 bits per heavy atom. The molecule has 1 aliphatic heterocycles. The minimum Gasteiger partial charge on any atom is -0.487 e. The Bertz CT molecular complexity index is 761. The van der Waals surface area contributed by atoms with Gasteiger partial charge in [-0.05, 0) is 62.2 Å². The summed E-state index contributed by atoms with van der Waals surface area (Å²) in [7, 11) is 0. The maximum absolute atomic E-state index is 12.7. The van der Waals surface area contributed by atoms with Crippen LogP contribution in [-0.2, 0) is 0 Å². The lowest BCUT2D eigenvalue weighted by molar-refractivity contribution is 0.208. The van der Waals surface area contributed by atoms with Crippen molar-refractivity contribution in [1.29, 1.82) is 0 Å². The van der Waals surface area contributed by atoms with Crippen molar-refractivity contribution >= 4 is 29.0 Å². The average Bonchev–Trinajstić information content (AvgIpc) is 2.50. The Kier molecular flexibility index (Phi) is 4.18. The second-order valence-corrected chi connectivity index (χ2v) is 6.32. The van der Waals surface area contributed by atoms with Crippen molar-refractivity contribution in [3.63, 3.8) is 0 Å². The van der Waals surface area contributed by atoms with E-state index in [-0.39, 0.29) is 12.1 Å². The predicted molar refractivity (Wildman–Crippen MR) is 93.8 cm³/mol. The van der Waals surface area contributed by atoms with Gasteiger partial charge >= 0.3 is 6.03 Å². The van der Waals surface area contributed by atoms with Crippen LogP contribution in [0.3, 0.4) is 0 Å². The molecule has 0 bridgehead atoms. The number of carbonyl (C=O) groups excluding carboxylic acids is 1. The van der Waals surface area contributed by atoms with Gasteiger partial charge in [0.05, 0.1) is 12.2 Å². The molecule has 0 spiro atoms. The number of halogens is 1. The highest BCUT2D eigenvalue weighted by Crippen LogP contribution is 2.36. The van der Waals surface area contributed by atoms with Crippen molar-refractivity contribution in [1.82, 2.24) is 0 Å². The number of benzene rings is 2. The molecule has 2 amide bonds. The van der Waals surface area contributed by atoms with Crippen molar-refractivity contribution < 1.29 is 9.53 Å². The smallest absolute Gasteiger partial charge is 0.326 e. The maximum Gasteiger partial charge on any atom is 0.326 e. The zero-order valence-electron chi connectivity index (χ0n) is 13.4. The van der Waals surface area contributed by atoms with E-state index in [4.69, 9.17) is 16.3 Å². The highest BCUT2D eigenvalue weighted by Gasteiger charge is 2.28.